The molecule has 86 valence electrons. The highest BCUT2D eigenvalue weighted by Crippen LogP contribution is 2.21. The van der Waals surface area contributed by atoms with Crippen LogP contribution in [0.5, 0.6) is 0 Å². The van der Waals surface area contributed by atoms with Gasteiger partial charge in [-0.05, 0) is 36.4 Å². The van der Waals surface area contributed by atoms with Gasteiger partial charge in [0.25, 0.3) is 0 Å². The Labute approximate surface area is 105 Å². The first kappa shape index (κ1) is 11.7. The summed E-state index contributed by atoms with van der Waals surface area (Å²) in [7, 11) is 0. The molecule has 0 aliphatic carbocycles. The molecule has 0 aromatic heterocycles. The average molecular weight is 236 g/mol. The molecule has 0 aliphatic heterocycles. The minimum absolute atomic E-state index is 0.251. The lowest BCUT2D eigenvalue weighted by molar-refractivity contribution is 0.627. The molecule has 3 heteroatoms. The smallest absolute Gasteiger partial charge is 0.124 e. The van der Waals surface area contributed by atoms with E-state index >= 15 is 0 Å². The lowest BCUT2D eigenvalue weighted by Crippen LogP contribution is -1.94. The fourth-order valence-electron chi connectivity index (χ4n) is 1.56. The molecule has 0 unspecified atom stereocenters. The van der Waals surface area contributed by atoms with Crippen LogP contribution in [0.15, 0.2) is 42.5 Å². The summed E-state index contributed by atoms with van der Waals surface area (Å²) in [5.74, 6) is 2.09. The highest BCUT2D eigenvalue weighted by Gasteiger charge is 2.04. The van der Waals surface area contributed by atoms with Crippen molar-refractivity contribution in [3.05, 3.63) is 59.4 Å². The van der Waals surface area contributed by atoms with Crippen LogP contribution in [0.2, 0.25) is 0 Å². The van der Waals surface area contributed by atoms with Gasteiger partial charge in [-0.3, -0.25) is 0 Å². The molecule has 0 amide bonds. The standard InChI is InChI=1S/C15H9FN2/c1-2-11-4-3-5-14(8-11)18-15-7-6-13(16)9-12(15)10-17/h1,3-9,18H. The first-order valence-electron chi connectivity index (χ1n) is 5.26. The van der Waals surface area contributed by atoms with Crippen LogP contribution in [0.1, 0.15) is 11.1 Å². The Hall–Kier alpha value is -2.78. The first-order chi connectivity index (χ1) is 8.72. The fraction of sp³-hybridized carbons (Fsp3) is 0. The molecule has 2 rings (SSSR count). The third-order valence-corrected chi connectivity index (χ3v) is 2.41. The van der Waals surface area contributed by atoms with E-state index in [1.54, 1.807) is 12.1 Å². The Bertz CT molecular complexity index is 663. The number of anilines is 2. The molecule has 2 aromatic carbocycles. The lowest BCUT2D eigenvalue weighted by atomic mass is 10.1. The Morgan fingerprint density at radius 2 is 2.00 bits per heavy atom. The van der Waals surface area contributed by atoms with Crippen molar-refractivity contribution in [1.82, 2.24) is 0 Å². The summed E-state index contributed by atoms with van der Waals surface area (Å²) in [6, 6.07) is 13.2. The zero-order valence-electron chi connectivity index (χ0n) is 9.44. The number of benzene rings is 2. The number of hydrogen-bond acceptors (Lipinski definition) is 2. The van der Waals surface area contributed by atoms with Gasteiger partial charge in [-0.25, -0.2) is 4.39 Å². The Balaban J connectivity index is 2.35. The largest absolute Gasteiger partial charge is 0.354 e. The molecule has 0 spiro atoms. The van der Waals surface area contributed by atoms with E-state index in [1.165, 1.54) is 18.2 Å². The SMILES string of the molecule is C#Cc1cccc(Nc2ccc(F)cc2C#N)c1. The van der Waals surface area contributed by atoms with E-state index in [4.69, 9.17) is 11.7 Å². The fourth-order valence-corrected chi connectivity index (χ4v) is 1.56. The van der Waals surface area contributed by atoms with E-state index in [9.17, 15) is 4.39 Å². The van der Waals surface area contributed by atoms with Crippen molar-refractivity contribution in [3.8, 4) is 18.4 Å². The predicted octanol–water partition coefficient (Wildman–Crippen LogP) is 3.42. The molecule has 2 nitrogen and oxygen atoms in total. The molecular formula is C15H9FN2. The van der Waals surface area contributed by atoms with Crippen LogP contribution in [-0.4, -0.2) is 0 Å². The van der Waals surface area contributed by atoms with Crippen molar-refractivity contribution >= 4 is 11.4 Å². The van der Waals surface area contributed by atoms with Crippen LogP contribution in [0.3, 0.4) is 0 Å². The number of nitrogens with zero attached hydrogens (tertiary/aromatic N) is 1. The van der Waals surface area contributed by atoms with Crippen LogP contribution in [0, 0.1) is 29.5 Å². The number of nitrogens with one attached hydrogen (secondary N) is 1. The van der Waals surface area contributed by atoms with Gasteiger partial charge < -0.3 is 5.32 Å². The number of hydrogen-bond donors (Lipinski definition) is 1. The second kappa shape index (κ2) is 5.03. The second-order valence-corrected chi connectivity index (χ2v) is 3.65. The van der Waals surface area contributed by atoms with Crippen LogP contribution in [0.4, 0.5) is 15.8 Å². The predicted molar refractivity (Wildman–Crippen MR) is 68.8 cm³/mol. The van der Waals surface area contributed by atoms with E-state index in [-0.39, 0.29) is 5.56 Å². The summed E-state index contributed by atoms with van der Waals surface area (Å²) in [5.41, 5.74) is 2.29. The van der Waals surface area contributed by atoms with Crippen molar-refractivity contribution in [2.75, 3.05) is 5.32 Å². The van der Waals surface area contributed by atoms with Gasteiger partial charge in [-0.1, -0.05) is 12.0 Å². The van der Waals surface area contributed by atoms with E-state index in [0.717, 1.165) is 11.3 Å². The van der Waals surface area contributed by atoms with E-state index in [1.807, 2.05) is 18.2 Å². The number of terminal acetylenes is 1. The zero-order chi connectivity index (χ0) is 13.0. The Morgan fingerprint density at radius 3 is 2.72 bits per heavy atom. The Morgan fingerprint density at radius 1 is 1.17 bits per heavy atom. The molecule has 0 saturated carbocycles. The summed E-state index contributed by atoms with van der Waals surface area (Å²) in [6.07, 6.45) is 5.31. The van der Waals surface area contributed by atoms with Gasteiger partial charge >= 0.3 is 0 Å². The second-order valence-electron chi connectivity index (χ2n) is 3.65. The van der Waals surface area contributed by atoms with Crippen molar-refractivity contribution in [1.29, 1.82) is 5.26 Å². The molecule has 0 bridgehead atoms. The molecule has 0 aliphatic rings. The quantitative estimate of drug-likeness (QED) is 0.811. The molecular weight excluding hydrogens is 227 g/mol. The number of nitriles is 1. The molecule has 0 saturated heterocycles. The summed E-state index contributed by atoms with van der Waals surface area (Å²) < 4.78 is 13.0. The lowest BCUT2D eigenvalue weighted by Gasteiger charge is -2.08. The van der Waals surface area contributed by atoms with Gasteiger partial charge in [0.15, 0.2) is 0 Å². The van der Waals surface area contributed by atoms with Crippen molar-refractivity contribution in [3.63, 3.8) is 0 Å². The molecule has 2 aromatic rings. The molecule has 1 N–H and O–H groups in total. The normalized spacial score (nSPS) is 9.28. The highest BCUT2D eigenvalue weighted by atomic mass is 19.1. The highest BCUT2D eigenvalue weighted by molar-refractivity contribution is 5.67. The minimum atomic E-state index is -0.436. The molecule has 0 radical (unpaired) electrons. The summed E-state index contributed by atoms with van der Waals surface area (Å²) in [4.78, 5) is 0. The molecule has 18 heavy (non-hydrogen) atoms. The Kier molecular flexibility index (Phi) is 3.27. The van der Waals surface area contributed by atoms with Crippen molar-refractivity contribution < 1.29 is 4.39 Å². The maximum absolute atomic E-state index is 13.0. The molecule has 0 heterocycles. The van der Waals surface area contributed by atoms with Gasteiger partial charge in [0, 0.05) is 11.3 Å². The third kappa shape index (κ3) is 2.48. The van der Waals surface area contributed by atoms with Gasteiger partial charge in [0.05, 0.1) is 11.3 Å². The molecule has 0 fully saturated rings. The van der Waals surface area contributed by atoms with Gasteiger partial charge in [0.1, 0.15) is 11.9 Å². The van der Waals surface area contributed by atoms with E-state index < -0.39 is 5.82 Å². The van der Waals surface area contributed by atoms with Crippen molar-refractivity contribution in [2.24, 2.45) is 0 Å². The number of rotatable bonds is 2. The third-order valence-electron chi connectivity index (χ3n) is 2.41. The first-order valence-corrected chi connectivity index (χ1v) is 5.26. The van der Waals surface area contributed by atoms with Crippen LogP contribution in [-0.2, 0) is 0 Å². The summed E-state index contributed by atoms with van der Waals surface area (Å²) in [6.45, 7) is 0. The van der Waals surface area contributed by atoms with Crippen molar-refractivity contribution in [2.45, 2.75) is 0 Å². The number of halogens is 1. The maximum atomic E-state index is 13.0. The topological polar surface area (TPSA) is 35.8 Å². The maximum Gasteiger partial charge on any atom is 0.124 e. The minimum Gasteiger partial charge on any atom is -0.354 e. The van der Waals surface area contributed by atoms with Gasteiger partial charge in [-0.2, -0.15) is 5.26 Å². The van der Waals surface area contributed by atoms with Gasteiger partial charge in [-0.15, -0.1) is 6.42 Å². The molecule has 0 atom stereocenters. The average Bonchev–Trinajstić information content (AvgIpc) is 2.41. The van der Waals surface area contributed by atoms with Gasteiger partial charge in [0.2, 0.25) is 0 Å². The van der Waals surface area contributed by atoms with Crippen LogP contribution in [0.25, 0.3) is 0 Å². The van der Waals surface area contributed by atoms with E-state index in [2.05, 4.69) is 11.2 Å². The zero-order valence-corrected chi connectivity index (χ0v) is 9.44. The van der Waals surface area contributed by atoms with Crippen LogP contribution >= 0.6 is 0 Å². The van der Waals surface area contributed by atoms with Crippen LogP contribution < -0.4 is 5.32 Å². The summed E-state index contributed by atoms with van der Waals surface area (Å²) >= 11 is 0. The monoisotopic (exact) mass is 236 g/mol. The summed E-state index contributed by atoms with van der Waals surface area (Å²) in [5, 5.41) is 12.0. The van der Waals surface area contributed by atoms with E-state index in [0.29, 0.717) is 5.69 Å².